The normalized spacial score (nSPS) is 10.3. The van der Waals surface area contributed by atoms with E-state index in [0.29, 0.717) is 0 Å². The van der Waals surface area contributed by atoms with E-state index in [2.05, 4.69) is 21.4 Å². The molecule has 0 amide bonds. The van der Waals surface area contributed by atoms with Gasteiger partial charge in [-0.3, -0.25) is 4.79 Å². The van der Waals surface area contributed by atoms with Crippen LogP contribution < -0.4 is 5.56 Å². The Bertz CT molecular complexity index is 447. The maximum Gasteiger partial charge on any atom is 0.250 e. The standard InChI is InChI=1S/C10H10N2OS/c13-10-5-6-11-9(12-10)4-3-8-2-1-7-14-8/h1-2,5-7H,3-4H2,(H,11,12,13). The summed E-state index contributed by atoms with van der Waals surface area (Å²) in [5, 5.41) is 2.05. The van der Waals surface area contributed by atoms with Gasteiger partial charge in [0.25, 0.3) is 5.56 Å². The summed E-state index contributed by atoms with van der Waals surface area (Å²) >= 11 is 1.73. The van der Waals surface area contributed by atoms with Crippen molar-refractivity contribution in [1.29, 1.82) is 0 Å². The Balaban J connectivity index is 2.02. The molecular formula is C10H10N2OS. The van der Waals surface area contributed by atoms with E-state index in [0.717, 1.165) is 18.7 Å². The first-order chi connectivity index (χ1) is 6.84. The number of nitrogens with one attached hydrogen (secondary N) is 1. The minimum absolute atomic E-state index is 0.0822. The van der Waals surface area contributed by atoms with Gasteiger partial charge >= 0.3 is 0 Å². The highest BCUT2D eigenvalue weighted by molar-refractivity contribution is 7.09. The lowest BCUT2D eigenvalue weighted by Crippen LogP contribution is -2.09. The third-order valence-electron chi connectivity index (χ3n) is 1.91. The summed E-state index contributed by atoms with van der Waals surface area (Å²) < 4.78 is 0. The Hall–Kier alpha value is -1.42. The van der Waals surface area contributed by atoms with Crippen LogP contribution in [-0.2, 0) is 12.8 Å². The molecule has 3 nitrogen and oxygen atoms in total. The number of H-pyrrole nitrogens is 1. The molecule has 0 saturated carbocycles. The molecule has 72 valence electrons. The molecule has 2 rings (SSSR count). The fourth-order valence-electron chi connectivity index (χ4n) is 1.23. The molecular weight excluding hydrogens is 196 g/mol. The molecule has 0 aliphatic carbocycles. The first-order valence-corrected chi connectivity index (χ1v) is 5.29. The summed E-state index contributed by atoms with van der Waals surface area (Å²) in [6.45, 7) is 0. The van der Waals surface area contributed by atoms with Crippen LogP contribution in [-0.4, -0.2) is 9.97 Å². The van der Waals surface area contributed by atoms with Crippen LogP contribution in [0.1, 0.15) is 10.7 Å². The van der Waals surface area contributed by atoms with Gasteiger partial charge in [-0.1, -0.05) is 6.07 Å². The molecule has 0 spiro atoms. The van der Waals surface area contributed by atoms with Crippen molar-refractivity contribution in [3.05, 3.63) is 50.8 Å². The van der Waals surface area contributed by atoms with Gasteiger partial charge in [-0.25, -0.2) is 4.98 Å². The van der Waals surface area contributed by atoms with E-state index < -0.39 is 0 Å². The summed E-state index contributed by atoms with van der Waals surface area (Å²) in [7, 11) is 0. The highest BCUT2D eigenvalue weighted by Gasteiger charge is 1.97. The van der Waals surface area contributed by atoms with Crippen LogP contribution in [0.3, 0.4) is 0 Å². The molecule has 0 aliphatic rings. The molecule has 0 unspecified atom stereocenters. The van der Waals surface area contributed by atoms with E-state index in [1.807, 2.05) is 6.07 Å². The number of aromatic nitrogens is 2. The van der Waals surface area contributed by atoms with Gasteiger partial charge in [-0.15, -0.1) is 11.3 Å². The zero-order valence-electron chi connectivity index (χ0n) is 7.56. The Morgan fingerprint density at radius 3 is 3.00 bits per heavy atom. The lowest BCUT2D eigenvalue weighted by molar-refractivity contribution is 0.856. The maximum atomic E-state index is 11.0. The number of thiophene rings is 1. The summed E-state index contributed by atoms with van der Waals surface area (Å²) in [6, 6.07) is 5.54. The summed E-state index contributed by atoms with van der Waals surface area (Å²) in [5.74, 6) is 0.755. The van der Waals surface area contributed by atoms with Crippen molar-refractivity contribution in [2.45, 2.75) is 12.8 Å². The number of rotatable bonds is 3. The minimum Gasteiger partial charge on any atom is -0.311 e. The number of aryl methyl sites for hydroxylation is 2. The van der Waals surface area contributed by atoms with Crippen LogP contribution in [0, 0.1) is 0 Å². The van der Waals surface area contributed by atoms with Crippen LogP contribution in [0.15, 0.2) is 34.6 Å². The molecule has 0 bridgehead atoms. The molecule has 0 aromatic carbocycles. The average Bonchev–Trinajstić information content (AvgIpc) is 2.67. The van der Waals surface area contributed by atoms with Crippen molar-refractivity contribution in [1.82, 2.24) is 9.97 Å². The Labute approximate surface area is 85.5 Å². The molecule has 0 saturated heterocycles. The molecule has 1 N–H and O–H groups in total. The van der Waals surface area contributed by atoms with Crippen LogP contribution in [0.25, 0.3) is 0 Å². The number of nitrogens with zero attached hydrogens (tertiary/aromatic N) is 1. The highest BCUT2D eigenvalue weighted by Crippen LogP contribution is 2.10. The van der Waals surface area contributed by atoms with Gasteiger partial charge in [0.1, 0.15) is 5.82 Å². The fraction of sp³-hybridized carbons (Fsp3) is 0.200. The third kappa shape index (κ3) is 2.29. The lowest BCUT2D eigenvalue weighted by atomic mass is 10.2. The highest BCUT2D eigenvalue weighted by atomic mass is 32.1. The molecule has 0 fully saturated rings. The molecule has 14 heavy (non-hydrogen) atoms. The van der Waals surface area contributed by atoms with Gasteiger partial charge in [0.05, 0.1) is 0 Å². The summed E-state index contributed by atoms with van der Waals surface area (Å²) in [6.07, 6.45) is 3.27. The van der Waals surface area contributed by atoms with E-state index in [4.69, 9.17) is 0 Å². The summed E-state index contributed by atoms with van der Waals surface area (Å²) in [4.78, 5) is 19.1. The Morgan fingerprint density at radius 1 is 1.36 bits per heavy atom. The van der Waals surface area contributed by atoms with Crippen LogP contribution in [0.4, 0.5) is 0 Å². The predicted molar refractivity (Wildman–Crippen MR) is 56.6 cm³/mol. The largest absolute Gasteiger partial charge is 0.311 e. The first kappa shape index (κ1) is 9.15. The minimum atomic E-state index is -0.0822. The molecule has 2 heterocycles. The smallest absolute Gasteiger partial charge is 0.250 e. The monoisotopic (exact) mass is 206 g/mol. The zero-order valence-corrected chi connectivity index (χ0v) is 8.38. The van der Waals surface area contributed by atoms with Gasteiger partial charge < -0.3 is 4.98 Å². The van der Waals surface area contributed by atoms with Gasteiger partial charge in [-0.2, -0.15) is 0 Å². The van der Waals surface area contributed by atoms with Crippen molar-refractivity contribution in [2.75, 3.05) is 0 Å². The number of hydrogen-bond acceptors (Lipinski definition) is 3. The SMILES string of the molecule is O=c1ccnc(CCc2cccs2)[nH]1. The van der Waals surface area contributed by atoms with Gasteiger partial charge in [0.15, 0.2) is 0 Å². The van der Waals surface area contributed by atoms with E-state index >= 15 is 0 Å². The second-order valence-corrected chi connectivity index (χ2v) is 3.99. The molecule has 2 aromatic rings. The quantitative estimate of drug-likeness (QED) is 0.829. The third-order valence-corrected chi connectivity index (χ3v) is 2.85. The van der Waals surface area contributed by atoms with Crippen molar-refractivity contribution < 1.29 is 0 Å². The molecule has 4 heteroatoms. The Morgan fingerprint density at radius 2 is 2.29 bits per heavy atom. The van der Waals surface area contributed by atoms with E-state index in [9.17, 15) is 4.79 Å². The van der Waals surface area contributed by atoms with Gasteiger partial charge in [-0.05, 0) is 17.9 Å². The second kappa shape index (κ2) is 4.19. The lowest BCUT2D eigenvalue weighted by Gasteiger charge is -1.97. The zero-order chi connectivity index (χ0) is 9.80. The second-order valence-electron chi connectivity index (χ2n) is 2.96. The molecule has 0 aliphatic heterocycles. The van der Waals surface area contributed by atoms with Crippen molar-refractivity contribution in [3.63, 3.8) is 0 Å². The van der Waals surface area contributed by atoms with Crippen molar-refractivity contribution in [2.24, 2.45) is 0 Å². The number of hydrogen-bond donors (Lipinski definition) is 1. The molecule has 2 aromatic heterocycles. The van der Waals surface area contributed by atoms with Crippen LogP contribution >= 0.6 is 11.3 Å². The van der Waals surface area contributed by atoms with Gasteiger partial charge in [0, 0.05) is 23.6 Å². The number of aromatic amines is 1. The van der Waals surface area contributed by atoms with E-state index in [1.54, 1.807) is 17.5 Å². The average molecular weight is 206 g/mol. The van der Waals surface area contributed by atoms with Gasteiger partial charge in [0.2, 0.25) is 0 Å². The summed E-state index contributed by atoms with van der Waals surface area (Å²) in [5.41, 5.74) is -0.0822. The van der Waals surface area contributed by atoms with Crippen molar-refractivity contribution >= 4 is 11.3 Å². The molecule has 0 atom stereocenters. The maximum absolute atomic E-state index is 11.0. The van der Waals surface area contributed by atoms with E-state index in [-0.39, 0.29) is 5.56 Å². The van der Waals surface area contributed by atoms with Crippen LogP contribution in [0.2, 0.25) is 0 Å². The predicted octanol–water partition coefficient (Wildman–Crippen LogP) is 1.62. The van der Waals surface area contributed by atoms with Crippen LogP contribution in [0.5, 0.6) is 0 Å². The topological polar surface area (TPSA) is 45.8 Å². The van der Waals surface area contributed by atoms with Crippen molar-refractivity contribution in [3.8, 4) is 0 Å². The fourth-order valence-corrected chi connectivity index (χ4v) is 1.94. The first-order valence-electron chi connectivity index (χ1n) is 4.41. The van der Waals surface area contributed by atoms with E-state index in [1.165, 1.54) is 10.9 Å². The Kier molecular flexibility index (Phi) is 2.74. The molecule has 0 radical (unpaired) electrons.